The highest BCUT2D eigenvalue weighted by molar-refractivity contribution is 9.10. The number of rotatable bonds is 3. The second-order valence-corrected chi connectivity index (χ2v) is 9.17. The van der Waals surface area contributed by atoms with Crippen molar-refractivity contribution in [3.8, 4) is 0 Å². The molecule has 0 aliphatic carbocycles. The molecular formula is C17H24BrClN2. The molecule has 1 aromatic carbocycles. The summed E-state index contributed by atoms with van der Waals surface area (Å²) in [5, 5.41) is -0.115. The number of halogens is 2. The van der Waals surface area contributed by atoms with Crippen molar-refractivity contribution in [3.05, 3.63) is 28.5 Å². The van der Waals surface area contributed by atoms with Crippen LogP contribution >= 0.6 is 27.5 Å². The Hall–Kier alpha value is -0.540. The fourth-order valence-corrected chi connectivity index (χ4v) is 3.84. The van der Waals surface area contributed by atoms with E-state index in [0.717, 1.165) is 27.8 Å². The molecule has 0 saturated carbocycles. The van der Waals surface area contributed by atoms with Crippen LogP contribution in [0.3, 0.4) is 0 Å². The average Bonchev–Trinajstić information content (AvgIpc) is 2.64. The van der Waals surface area contributed by atoms with Gasteiger partial charge in [0.15, 0.2) is 0 Å². The van der Waals surface area contributed by atoms with Gasteiger partial charge >= 0.3 is 0 Å². The number of aromatic nitrogens is 2. The van der Waals surface area contributed by atoms with Crippen LogP contribution in [0.25, 0.3) is 11.0 Å². The molecule has 1 aromatic heterocycles. The molecule has 2 aromatic rings. The highest BCUT2D eigenvalue weighted by Gasteiger charge is 2.31. The van der Waals surface area contributed by atoms with Gasteiger partial charge in [-0.15, -0.1) is 11.6 Å². The lowest BCUT2D eigenvalue weighted by molar-refractivity contribution is 0.215. The SMILES string of the molecule is CC(Cl)c1nc2ccc(Br)cc2n1C(C)(C)CC(C)(C)C. The third-order valence-electron chi connectivity index (χ3n) is 3.57. The Morgan fingerprint density at radius 2 is 1.86 bits per heavy atom. The van der Waals surface area contributed by atoms with E-state index < -0.39 is 0 Å². The Labute approximate surface area is 141 Å². The molecule has 2 rings (SSSR count). The van der Waals surface area contributed by atoms with Crippen LogP contribution < -0.4 is 0 Å². The van der Waals surface area contributed by atoms with Crippen molar-refractivity contribution in [3.63, 3.8) is 0 Å². The van der Waals surface area contributed by atoms with Gasteiger partial charge in [0, 0.05) is 10.0 Å². The van der Waals surface area contributed by atoms with Gasteiger partial charge in [0.1, 0.15) is 5.82 Å². The molecule has 116 valence electrons. The summed E-state index contributed by atoms with van der Waals surface area (Å²) in [6.45, 7) is 13.3. The average molecular weight is 372 g/mol. The molecule has 0 N–H and O–H groups in total. The van der Waals surface area contributed by atoms with Crippen LogP contribution in [0, 0.1) is 5.41 Å². The minimum atomic E-state index is -0.115. The van der Waals surface area contributed by atoms with Gasteiger partial charge in [-0.05, 0) is 50.8 Å². The lowest BCUT2D eigenvalue weighted by Crippen LogP contribution is -2.33. The largest absolute Gasteiger partial charge is 0.321 e. The number of fused-ring (bicyclic) bond motifs is 1. The summed E-state index contributed by atoms with van der Waals surface area (Å²) in [6, 6.07) is 6.21. The van der Waals surface area contributed by atoms with Gasteiger partial charge in [-0.1, -0.05) is 36.7 Å². The van der Waals surface area contributed by atoms with Crippen LogP contribution in [0.15, 0.2) is 22.7 Å². The van der Waals surface area contributed by atoms with Crippen molar-refractivity contribution in [2.24, 2.45) is 5.41 Å². The monoisotopic (exact) mass is 370 g/mol. The van der Waals surface area contributed by atoms with Crippen molar-refractivity contribution in [2.45, 2.75) is 58.9 Å². The number of alkyl halides is 1. The third kappa shape index (κ3) is 3.62. The Morgan fingerprint density at radius 3 is 2.38 bits per heavy atom. The zero-order valence-corrected chi connectivity index (χ0v) is 16.0. The molecule has 0 aliphatic rings. The van der Waals surface area contributed by atoms with Crippen LogP contribution in [0.1, 0.15) is 59.2 Å². The van der Waals surface area contributed by atoms with E-state index >= 15 is 0 Å². The van der Waals surface area contributed by atoms with Crippen molar-refractivity contribution in [2.75, 3.05) is 0 Å². The second-order valence-electron chi connectivity index (χ2n) is 7.60. The van der Waals surface area contributed by atoms with Crippen LogP contribution in [0.5, 0.6) is 0 Å². The first kappa shape index (κ1) is 16.8. The molecule has 1 unspecified atom stereocenters. The molecule has 0 radical (unpaired) electrons. The van der Waals surface area contributed by atoms with Gasteiger partial charge in [0.25, 0.3) is 0 Å². The quantitative estimate of drug-likeness (QED) is 0.581. The number of hydrogen-bond acceptors (Lipinski definition) is 1. The van der Waals surface area contributed by atoms with Crippen molar-refractivity contribution >= 4 is 38.6 Å². The number of benzene rings is 1. The lowest BCUT2D eigenvalue weighted by atomic mass is 9.81. The molecule has 1 heterocycles. The molecule has 0 saturated heterocycles. The molecule has 0 amide bonds. The van der Waals surface area contributed by atoms with Gasteiger partial charge in [0.05, 0.1) is 16.4 Å². The van der Waals surface area contributed by atoms with E-state index in [1.54, 1.807) is 0 Å². The van der Waals surface area contributed by atoms with Crippen molar-refractivity contribution < 1.29 is 0 Å². The predicted molar refractivity (Wildman–Crippen MR) is 95.1 cm³/mol. The maximum absolute atomic E-state index is 6.40. The maximum Gasteiger partial charge on any atom is 0.128 e. The normalized spacial score (nSPS) is 14.7. The second kappa shape index (κ2) is 5.58. The molecule has 0 bridgehead atoms. The van der Waals surface area contributed by atoms with Gasteiger partial charge in [-0.2, -0.15) is 0 Å². The van der Waals surface area contributed by atoms with Crippen LogP contribution in [0.4, 0.5) is 0 Å². The van der Waals surface area contributed by atoms with Gasteiger partial charge in [-0.3, -0.25) is 0 Å². The summed E-state index contributed by atoms with van der Waals surface area (Å²) >= 11 is 9.97. The summed E-state index contributed by atoms with van der Waals surface area (Å²) < 4.78 is 3.38. The first-order chi connectivity index (χ1) is 9.51. The minimum absolute atomic E-state index is 0.0493. The molecule has 21 heavy (non-hydrogen) atoms. The third-order valence-corrected chi connectivity index (χ3v) is 4.25. The Bertz CT molecular complexity index is 651. The molecule has 0 spiro atoms. The first-order valence-corrected chi connectivity index (χ1v) is 8.57. The minimum Gasteiger partial charge on any atom is -0.321 e. The fraction of sp³-hybridized carbons (Fsp3) is 0.588. The summed E-state index contributed by atoms with van der Waals surface area (Å²) in [4.78, 5) is 4.76. The van der Waals surface area contributed by atoms with E-state index in [-0.39, 0.29) is 16.3 Å². The molecule has 1 atom stereocenters. The summed E-state index contributed by atoms with van der Waals surface area (Å²) in [6.07, 6.45) is 1.05. The number of hydrogen-bond donors (Lipinski definition) is 0. The molecule has 2 nitrogen and oxygen atoms in total. The Kier molecular flexibility index (Phi) is 4.47. The first-order valence-electron chi connectivity index (χ1n) is 7.34. The summed E-state index contributed by atoms with van der Waals surface area (Å²) in [7, 11) is 0. The molecular weight excluding hydrogens is 348 g/mol. The topological polar surface area (TPSA) is 17.8 Å². The van der Waals surface area contributed by atoms with Crippen LogP contribution in [-0.2, 0) is 5.54 Å². The van der Waals surface area contributed by atoms with Crippen LogP contribution in [0.2, 0.25) is 0 Å². The number of nitrogens with zero attached hydrogens (tertiary/aromatic N) is 2. The highest BCUT2D eigenvalue weighted by Crippen LogP contribution is 2.38. The predicted octanol–water partition coefficient (Wildman–Crippen LogP) is 6.27. The van der Waals surface area contributed by atoms with Crippen LogP contribution in [-0.4, -0.2) is 9.55 Å². The fourth-order valence-electron chi connectivity index (χ4n) is 3.35. The van der Waals surface area contributed by atoms with E-state index in [0.29, 0.717) is 0 Å². The zero-order valence-electron chi connectivity index (χ0n) is 13.7. The molecule has 0 fully saturated rings. The van der Waals surface area contributed by atoms with E-state index in [1.165, 1.54) is 0 Å². The number of imidazole rings is 1. The lowest BCUT2D eigenvalue weighted by Gasteiger charge is -2.36. The molecule has 4 heteroatoms. The molecule has 0 aliphatic heterocycles. The van der Waals surface area contributed by atoms with Crippen molar-refractivity contribution in [1.29, 1.82) is 0 Å². The van der Waals surface area contributed by atoms with E-state index in [2.05, 4.69) is 61.2 Å². The van der Waals surface area contributed by atoms with Crippen molar-refractivity contribution in [1.82, 2.24) is 9.55 Å². The van der Waals surface area contributed by atoms with Gasteiger partial charge in [0.2, 0.25) is 0 Å². The van der Waals surface area contributed by atoms with E-state index in [4.69, 9.17) is 16.6 Å². The smallest absolute Gasteiger partial charge is 0.128 e. The maximum atomic E-state index is 6.40. The van der Waals surface area contributed by atoms with E-state index in [1.807, 2.05) is 19.1 Å². The van der Waals surface area contributed by atoms with Gasteiger partial charge in [-0.25, -0.2) is 4.98 Å². The van der Waals surface area contributed by atoms with Gasteiger partial charge < -0.3 is 4.57 Å². The summed E-state index contributed by atoms with van der Waals surface area (Å²) in [5.41, 5.74) is 2.33. The van der Waals surface area contributed by atoms with E-state index in [9.17, 15) is 0 Å². The zero-order chi connectivity index (χ0) is 16.0. The Morgan fingerprint density at radius 1 is 1.24 bits per heavy atom. The highest BCUT2D eigenvalue weighted by atomic mass is 79.9. The standard InChI is InChI=1S/C17H24BrClN2/c1-11(19)15-20-13-8-7-12(18)9-14(13)21(15)17(5,6)10-16(2,3)4/h7-9,11H,10H2,1-6H3. The summed E-state index contributed by atoms with van der Waals surface area (Å²) in [5.74, 6) is 0.944. The Balaban J connectivity index is 2.70.